The van der Waals surface area contributed by atoms with E-state index in [9.17, 15) is 13.6 Å². The molecular formula is C12H11F2NO2. The van der Waals surface area contributed by atoms with Crippen LogP contribution in [-0.2, 0) is 10.2 Å². The van der Waals surface area contributed by atoms with Gasteiger partial charge in [-0.15, -0.1) is 0 Å². The van der Waals surface area contributed by atoms with Crippen molar-refractivity contribution in [1.82, 2.24) is 0 Å². The SMILES string of the molecule is CC1CC12C(=O)Nc1ccc(OC(F)F)cc12. The predicted octanol–water partition coefficient (Wildman–Crippen LogP) is 2.52. The number of halogens is 2. The number of alkyl halides is 2. The Bertz CT molecular complexity index is 503. The summed E-state index contributed by atoms with van der Waals surface area (Å²) >= 11 is 0. The summed E-state index contributed by atoms with van der Waals surface area (Å²) < 4.78 is 28.6. The molecule has 2 atom stereocenters. The fourth-order valence-corrected chi connectivity index (χ4v) is 2.65. The van der Waals surface area contributed by atoms with E-state index in [1.807, 2.05) is 6.92 Å². The zero-order valence-electron chi connectivity index (χ0n) is 9.17. The first-order valence-corrected chi connectivity index (χ1v) is 5.45. The van der Waals surface area contributed by atoms with Gasteiger partial charge < -0.3 is 10.1 Å². The Morgan fingerprint density at radius 1 is 1.53 bits per heavy atom. The van der Waals surface area contributed by atoms with E-state index in [1.165, 1.54) is 6.07 Å². The summed E-state index contributed by atoms with van der Waals surface area (Å²) in [4.78, 5) is 11.9. The number of rotatable bonds is 2. The Labute approximate surface area is 96.8 Å². The first-order valence-electron chi connectivity index (χ1n) is 5.45. The minimum atomic E-state index is -2.84. The number of fused-ring (bicyclic) bond motifs is 2. The standard InChI is InChI=1S/C12H11F2NO2/c1-6-5-12(6)8-4-7(17-11(13)14)2-3-9(8)15-10(12)16/h2-4,6,11H,5H2,1H3,(H,15,16). The van der Waals surface area contributed by atoms with Crippen LogP contribution in [0, 0.1) is 5.92 Å². The lowest BCUT2D eigenvalue weighted by atomic mass is 9.95. The maximum absolute atomic E-state index is 12.1. The molecule has 1 aromatic rings. The van der Waals surface area contributed by atoms with Gasteiger partial charge in [-0.2, -0.15) is 8.78 Å². The van der Waals surface area contributed by atoms with Gasteiger partial charge in [0, 0.05) is 5.69 Å². The molecule has 2 aliphatic rings. The molecule has 0 bridgehead atoms. The van der Waals surface area contributed by atoms with Crippen molar-refractivity contribution in [1.29, 1.82) is 0 Å². The van der Waals surface area contributed by atoms with Crippen LogP contribution in [0.2, 0.25) is 0 Å². The van der Waals surface area contributed by atoms with Crippen molar-refractivity contribution < 1.29 is 18.3 Å². The van der Waals surface area contributed by atoms with Crippen molar-refractivity contribution in [3.05, 3.63) is 23.8 Å². The van der Waals surface area contributed by atoms with Gasteiger partial charge in [0.05, 0.1) is 5.41 Å². The molecule has 1 aliphatic carbocycles. The molecule has 3 nitrogen and oxygen atoms in total. The van der Waals surface area contributed by atoms with Gasteiger partial charge in [0.15, 0.2) is 0 Å². The first-order chi connectivity index (χ1) is 8.04. The molecule has 0 radical (unpaired) electrons. The van der Waals surface area contributed by atoms with Crippen molar-refractivity contribution >= 4 is 11.6 Å². The van der Waals surface area contributed by atoms with Gasteiger partial charge in [-0.1, -0.05) is 6.92 Å². The van der Waals surface area contributed by atoms with Gasteiger partial charge in [-0.3, -0.25) is 4.79 Å². The third-order valence-electron chi connectivity index (χ3n) is 3.66. The lowest BCUT2D eigenvalue weighted by Crippen LogP contribution is -2.20. The van der Waals surface area contributed by atoms with Crippen LogP contribution in [0.15, 0.2) is 18.2 Å². The van der Waals surface area contributed by atoms with E-state index in [4.69, 9.17) is 0 Å². The van der Waals surface area contributed by atoms with Crippen molar-refractivity contribution in [3.63, 3.8) is 0 Å². The fourth-order valence-electron chi connectivity index (χ4n) is 2.65. The number of ether oxygens (including phenoxy) is 1. The first kappa shape index (κ1) is 10.5. The summed E-state index contributed by atoms with van der Waals surface area (Å²) in [6.45, 7) is -0.860. The van der Waals surface area contributed by atoms with E-state index < -0.39 is 12.0 Å². The molecule has 1 aromatic carbocycles. The summed E-state index contributed by atoms with van der Waals surface area (Å²) in [7, 11) is 0. The highest BCUT2D eigenvalue weighted by molar-refractivity contribution is 6.08. The van der Waals surface area contributed by atoms with Gasteiger partial charge in [0.1, 0.15) is 5.75 Å². The third kappa shape index (κ3) is 1.34. The van der Waals surface area contributed by atoms with Crippen LogP contribution in [-0.4, -0.2) is 12.5 Å². The smallest absolute Gasteiger partial charge is 0.387 e. The number of hydrogen-bond acceptors (Lipinski definition) is 2. The highest BCUT2D eigenvalue weighted by Crippen LogP contribution is 2.60. The number of carbonyl (C=O) groups is 1. The number of carbonyl (C=O) groups excluding carboxylic acids is 1. The van der Waals surface area contributed by atoms with Crippen LogP contribution in [0.25, 0.3) is 0 Å². The van der Waals surface area contributed by atoms with Crippen LogP contribution in [0.4, 0.5) is 14.5 Å². The minimum absolute atomic E-state index is 0.0332. The molecular weight excluding hydrogens is 228 g/mol. The lowest BCUT2D eigenvalue weighted by molar-refractivity contribution is -0.118. The minimum Gasteiger partial charge on any atom is -0.435 e. The molecule has 1 aliphatic heterocycles. The molecule has 3 rings (SSSR count). The van der Waals surface area contributed by atoms with Crippen LogP contribution in [0.5, 0.6) is 5.75 Å². The second kappa shape index (κ2) is 3.18. The monoisotopic (exact) mass is 239 g/mol. The quantitative estimate of drug-likeness (QED) is 0.861. The molecule has 2 unspecified atom stereocenters. The van der Waals surface area contributed by atoms with Gasteiger partial charge >= 0.3 is 6.61 Å². The molecule has 0 saturated heterocycles. The highest BCUT2D eigenvalue weighted by Gasteiger charge is 2.62. The van der Waals surface area contributed by atoms with Crippen molar-refractivity contribution in [2.45, 2.75) is 25.4 Å². The summed E-state index contributed by atoms with van der Waals surface area (Å²) in [6.07, 6.45) is 0.768. The van der Waals surface area contributed by atoms with Gasteiger partial charge in [0.2, 0.25) is 5.91 Å². The summed E-state index contributed by atoms with van der Waals surface area (Å²) in [5, 5.41) is 2.78. The summed E-state index contributed by atoms with van der Waals surface area (Å²) in [5.41, 5.74) is 0.991. The number of amides is 1. The molecule has 1 fully saturated rings. The molecule has 0 aromatic heterocycles. The Hall–Kier alpha value is -1.65. The van der Waals surface area contributed by atoms with Crippen LogP contribution in [0.1, 0.15) is 18.9 Å². The molecule has 90 valence electrons. The molecule has 5 heteroatoms. The largest absolute Gasteiger partial charge is 0.435 e. The maximum atomic E-state index is 12.1. The van der Waals surface area contributed by atoms with E-state index >= 15 is 0 Å². The van der Waals surface area contributed by atoms with Gasteiger partial charge in [0.25, 0.3) is 0 Å². The predicted molar refractivity (Wildman–Crippen MR) is 57.2 cm³/mol. The Balaban J connectivity index is 2.01. The van der Waals surface area contributed by atoms with E-state index in [2.05, 4.69) is 10.1 Å². The average molecular weight is 239 g/mol. The number of nitrogens with one attached hydrogen (secondary N) is 1. The normalized spacial score (nSPS) is 29.4. The van der Waals surface area contributed by atoms with Gasteiger partial charge in [-0.05, 0) is 36.1 Å². The molecule has 1 spiro atoms. The van der Waals surface area contributed by atoms with Crippen molar-refractivity contribution in [2.75, 3.05) is 5.32 Å². The van der Waals surface area contributed by atoms with Crippen LogP contribution in [0.3, 0.4) is 0 Å². The zero-order valence-corrected chi connectivity index (χ0v) is 9.17. The Morgan fingerprint density at radius 2 is 2.24 bits per heavy atom. The molecule has 17 heavy (non-hydrogen) atoms. The van der Waals surface area contributed by atoms with E-state index in [-0.39, 0.29) is 17.6 Å². The van der Waals surface area contributed by atoms with Crippen LogP contribution >= 0.6 is 0 Å². The van der Waals surface area contributed by atoms with Crippen LogP contribution < -0.4 is 10.1 Å². The molecule has 1 N–H and O–H groups in total. The number of benzene rings is 1. The van der Waals surface area contributed by atoms with E-state index in [0.29, 0.717) is 5.69 Å². The Morgan fingerprint density at radius 3 is 2.82 bits per heavy atom. The zero-order chi connectivity index (χ0) is 12.2. The second-order valence-electron chi connectivity index (χ2n) is 4.62. The van der Waals surface area contributed by atoms with Crippen molar-refractivity contribution in [2.24, 2.45) is 5.92 Å². The molecule has 1 saturated carbocycles. The number of hydrogen-bond donors (Lipinski definition) is 1. The summed E-state index contributed by atoms with van der Waals surface area (Å²) in [6, 6.07) is 4.60. The highest BCUT2D eigenvalue weighted by atomic mass is 19.3. The lowest BCUT2D eigenvalue weighted by Gasteiger charge is -2.09. The molecule has 1 heterocycles. The summed E-state index contributed by atoms with van der Waals surface area (Å²) in [5.74, 6) is 0.327. The Kier molecular flexibility index (Phi) is 1.97. The molecule has 1 amide bonds. The third-order valence-corrected chi connectivity index (χ3v) is 3.66. The number of anilines is 1. The van der Waals surface area contributed by atoms with E-state index in [1.54, 1.807) is 12.1 Å². The maximum Gasteiger partial charge on any atom is 0.387 e. The van der Waals surface area contributed by atoms with E-state index in [0.717, 1.165) is 12.0 Å². The van der Waals surface area contributed by atoms with Crippen molar-refractivity contribution in [3.8, 4) is 5.75 Å². The topological polar surface area (TPSA) is 38.3 Å². The van der Waals surface area contributed by atoms with Gasteiger partial charge in [-0.25, -0.2) is 0 Å². The fraction of sp³-hybridized carbons (Fsp3) is 0.417. The average Bonchev–Trinajstić information content (AvgIpc) is 2.84. The second-order valence-corrected chi connectivity index (χ2v) is 4.62.